The maximum atomic E-state index is 11.4. The lowest BCUT2D eigenvalue weighted by molar-refractivity contribution is -0.140. The van der Waals surface area contributed by atoms with Crippen LogP contribution in [0.1, 0.15) is 33.6 Å². The second-order valence-electron chi connectivity index (χ2n) is 6.45. The highest BCUT2D eigenvalue weighted by Crippen LogP contribution is 2.36. The van der Waals surface area contributed by atoms with Gasteiger partial charge in [0.2, 0.25) is 5.91 Å². The first-order chi connectivity index (χ1) is 9.60. The molecule has 0 aliphatic carbocycles. The van der Waals surface area contributed by atoms with Crippen molar-refractivity contribution in [3.05, 3.63) is 12.2 Å². The Bertz CT molecular complexity index is 372. The minimum Gasteiger partial charge on any atom is -0.468 e. The molecule has 0 fully saturated rings. The predicted molar refractivity (Wildman–Crippen MR) is 86.5 cm³/mol. The van der Waals surface area contributed by atoms with Crippen LogP contribution in [0, 0.1) is 0 Å². The van der Waals surface area contributed by atoms with Crippen LogP contribution in [0.5, 0.6) is 0 Å². The maximum absolute atomic E-state index is 11.4. The molecule has 1 amide bonds. The minimum atomic E-state index is -1.67. The van der Waals surface area contributed by atoms with Gasteiger partial charge in [0.1, 0.15) is 6.54 Å². The number of rotatable bonds is 8. The number of hydrogen-bond donors (Lipinski definition) is 1. The van der Waals surface area contributed by atoms with Crippen molar-refractivity contribution < 1.29 is 18.8 Å². The Morgan fingerprint density at radius 3 is 2.38 bits per heavy atom. The lowest BCUT2D eigenvalue weighted by atomic mass is 10.2. The van der Waals surface area contributed by atoms with E-state index in [1.165, 1.54) is 13.2 Å². The molecule has 0 aliphatic heterocycles. The van der Waals surface area contributed by atoms with Crippen molar-refractivity contribution in [1.82, 2.24) is 5.32 Å². The largest absolute Gasteiger partial charge is 0.468 e. The maximum Gasteiger partial charge on any atom is 0.325 e. The normalized spacial score (nSPS) is 12.5. The molecule has 1 N–H and O–H groups in total. The third-order valence-corrected chi connectivity index (χ3v) is 8.23. The van der Waals surface area contributed by atoms with Gasteiger partial charge in [0, 0.05) is 6.61 Å². The standard InChI is InChI=1S/C15H29NO4Si/c1-15(2,3)21(5,6)20-11-9-7-8-10-13(17)16-12-14(18)19-4/h8,10H,7,9,11-12H2,1-6H3,(H,16,17)/b10-8+. The Hall–Kier alpha value is -1.14. The van der Waals surface area contributed by atoms with Gasteiger partial charge in [0.25, 0.3) is 0 Å². The Kier molecular flexibility index (Phi) is 8.50. The van der Waals surface area contributed by atoms with E-state index in [2.05, 4.69) is 43.9 Å². The molecule has 0 aromatic rings. The van der Waals surface area contributed by atoms with Gasteiger partial charge < -0.3 is 14.5 Å². The van der Waals surface area contributed by atoms with E-state index in [0.29, 0.717) is 6.61 Å². The van der Waals surface area contributed by atoms with Gasteiger partial charge in [-0.3, -0.25) is 9.59 Å². The zero-order valence-electron chi connectivity index (χ0n) is 14.1. The summed E-state index contributed by atoms with van der Waals surface area (Å²) >= 11 is 0. The van der Waals surface area contributed by atoms with Crippen LogP contribution in [-0.4, -0.2) is 40.5 Å². The van der Waals surface area contributed by atoms with Gasteiger partial charge in [0.05, 0.1) is 7.11 Å². The molecule has 0 heterocycles. The van der Waals surface area contributed by atoms with E-state index >= 15 is 0 Å². The molecule has 5 nitrogen and oxygen atoms in total. The van der Waals surface area contributed by atoms with E-state index in [4.69, 9.17) is 4.43 Å². The Labute approximate surface area is 129 Å². The first kappa shape index (κ1) is 19.9. The zero-order valence-corrected chi connectivity index (χ0v) is 15.1. The van der Waals surface area contributed by atoms with E-state index < -0.39 is 14.3 Å². The van der Waals surface area contributed by atoms with Crippen LogP contribution in [-0.2, 0) is 18.8 Å². The average Bonchev–Trinajstić information content (AvgIpc) is 2.38. The zero-order chi connectivity index (χ0) is 16.5. The summed E-state index contributed by atoms with van der Waals surface area (Å²) < 4.78 is 10.5. The van der Waals surface area contributed by atoms with E-state index in [1.807, 2.05) is 0 Å². The van der Waals surface area contributed by atoms with Crippen molar-refractivity contribution in [2.24, 2.45) is 0 Å². The molecule has 0 bridgehead atoms. The third-order valence-electron chi connectivity index (χ3n) is 3.69. The summed E-state index contributed by atoms with van der Waals surface area (Å²) in [5.41, 5.74) is 0. The van der Waals surface area contributed by atoms with Crippen LogP contribution in [0.2, 0.25) is 18.1 Å². The first-order valence-corrected chi connectivity index (χ1v) is 10.2. The van der Waals surface area contributed by atoms with Crippen LogP contribution < -0.4 is 5.32 Å². The molecule has 6 heteroatoms. The summed E-state index contributed by atoms with van der Waals surface area (Å²) in [7, 11) is -0.387. The summed E-state index contributed by atoms with van der Waals surface area (Å²) in [6.07, 6.45) is 4.89. The lowest BCUT2D eigenvalue weighted by Crippen LogP contribution is -2.40. The van der Waals surface area contributed by atoms with Gasteiger partial charge in [-0.1, -0.05) is 26.8 Å². The highest BCUT2D eigenvalue weighted by atomic mass is 28.4. The molecule has 0 unspecified atom stereocenters. The first-order valence-electron chi connectivity index (χ1n) is 7.25. The van der Waals surface area contributed by atoms with Crippen molar-refractivity contribution in [2.75, 3.05) is 20.3 Å². The average molecular weight is 315 g/mol. The summed E-state index contributed by atoms with van der Waals surface area (Å²) in [5.74, 6) is -0.745. The second kappa shape index (κ2) is 8.99. The quantitative estimate of drug-likeness (QED) is 0.324. The molecule has 0 aliphatic rings. The van der Waals surface area contributed by atoms with E-state index in [9.17, 15) is 9.59 Å². The van der Waals surface area contributed by atoms with Crippen molar-refractivity contribution >= 4 is 20.2 Å². The number of amides is 1. The molecule has 0 rings (SSSR count). The van der Waals surface area contributed by atoms with Crippen LogP contribution in [0.3, 0.4) is 0 Å². The number of carbonyl (C=O) groups is 2. The SMILES string of the molecule is COC(=O)CNC(=O)/C=C/CCCO[Si](C)(C)C(C)(C)C. The van der Waals surface area contributed by atoms with E-state index in [-0.39, 0.29) is 17.5 Å². The van der Waals surface area contributed by atoms with Crippen LogP contribution in [0.25, 0.3) is 0 Å². The Balaban J connectivity index is 3.83. The van der Waals surface area contributed by atoms with E-state index in [1.54, 1.807) is 6.08 Å². The van der Waals surface area contributed by atoms with Crippen LogP contribution >= 0.6 is 0 Å². The number of allylic oxidation sites excluding steroid dienone is 1. The second-order valence-corrected chi connectivity index (χ2v) is 11.3. The molecular weight excluding hydrogens is 286 g/mol. The van der Waals surface area contributed by atoms with E-state index in [0.717, 1.165) is 12.8 Å². The minimum absolute atomic E-state index is 0.103. The molecule has 0 aromatic heterocycles. The summed E-state index contributed by atoms with van der Waals surface area (Å²) in [5, 5.41) is 2.66. The molecule has 0 saturated carbocycles. The van der Waals surface area contributed by atoms with Gasteiger partial charge in [-0.05, 0) is 37.0 Å². The van der Waals surface area contributed by atoms with Gasteiger partial charge in [0.15, 0.2) is 8.32 Å². The smallest absolute Gasteiger partial charge is 0.325 e. The number of esters is 1. The van der Waals surface area contributed by atoms with Gasteiger partial charge in [-0.25, -0.2) is 0 Å². The Morgan fingerprint density at radius 2 is 1.86 bits per heavy atom. The van der Waals surface area contributed by atoms with Gasteiger partial charge >= 0.3 is 5.97 Å². The van der Waals surface area contributed by atoms with Crippen molar-refractivity contribution in [3.8, 4) is 0 Å². The summed E-state index contributed by atoms with van der Waals surface area (Å²) in [6.45, 7) is 11.7. The van der Waals surface area contributed by atoms with Crippen molar-refractivity contribution in [1.29, 1.82) is 0 Å². The van der Waals surface area contributed by atoms with Crippen molar-refractivity contribution in [3.63, 3.8) is 0 Å². The molecule has 0 spiro atoms. The van der Waals surface area contributed by atoms with Gasteiger partial charge in [-0.2, -0.15) is 0 Å². The fraction of sp³-hybridized carbons (Fsp3) is 0.733. The predicted octanol–water partition coefficient (Wildman–Crippen LogP) is 2.63. The molecule has 0 saturated heterocycles. The number of carbonyl (C=O) groups excluding carboxylic acids is 2. The molecular formula is C15H29NO4Si. The number of nitrogens with one attached hydrogen (secondary N) is 1. The number of hydrogen-bond acceptors (Lipinski definition) is 4. The fourth-order valence-electron chi connectivity index (χ4n) is 1.23. The summed E-state index contributed by atoms with van der Waals surface area (Å²) in [4.78, 5) is 22.2. The highest BCUT2D eigenvalue weighted by molar-refractivity contribution is 6.74. The molecule has 0 atom stereocenters. The third kappa shape index (κ3) is 8.67. The van der Waals surface area contributed by atoms with Crippen LogP contribution in [0.4, 0.5) is 0 Å². The number of unbranched alkanes of at least 4 members (excludes halogenated alkanes) is 1. The van der Waals surface area contributed by atoms with Crippen molar-refractivity contribution in [2.45, 2.75) is 51.7 Å². The molecule has 0 aromatic carbocycles. The highest BCUT2D eigenvalue weighted by Gasteiger charge is 2.36. The topological polar surface area (TPSA) is 64.6 Å². The monoisotopic (exact) mass is 315 g/mol. The molecule has 21 heavy (non-hydrogen) atoms. The number of methoxy groups -OCH3 is 1. The molecule has 122 valence electrons. The lowest BCUT2D eigenvalue weighted by Gasteiger charge is -2.36. The molecule has 0 radical (unpaired) electrons. The fourth-order valence-corrected chi connectivity index (χ4v) is 2.31. The van der Waals surface area contributed by atoms with Gasteiger partial charge in [-0.15, -0.1) is 0 Å². The Morgan fingerprint density at radius 1 is 1.24 bits per heavy atom. The van der Waals surface area contributed by atoms with Crippen LogP contribution in [0.15, 0.2) is 12.2 Å². The number of ether oxygens (including phenoxy) is 1. The summed E-state index contributed by atoms with van der Waals surface area (Å²) in [6, 6.07) is 0.